The van der Waals surface area contributed by atoms with Crippen molar-refractivity contribution in [3.8, 4) is 0 Å². The Labute approximate surface area is 200 Å². The van der Waals surface area contributed by atoms with E-state index in [0.29, 0.717) is 6.04 Å². The Bertz CT molecular complexity index is 578. The van der Waals surface area contributed by atoms with Crippen molar-refractivity contribution in [2.45, 2.75) is 58.2 Å². The zero-order valence-electron chi connectivity index (χ0n) is 19.0. The summed E-state index contributed by atoms with van der Waals surface area (Å²) in [7, 11) is 2.19. The second-order valence-electron chi connectivity index (χ2n) is 8.15. The maximum atomic E-state index is 9.59. The van der Waals surface area contributed by atoms with E-state index in [1.165, 1.54) is 5.56 Å². The molecule has 0 spiro atoms. The lowest BCUT2D eigenvalue weighted by Gasteiger charge is -2.29. The third kappa shape index (κ3) is 10.9. The van der Waals surface area contributed by atoms with Crippen molar-refractivity contribution in [1.29, 1.82) is 0 Å². The molecule has 1 atom stereocenters. The standard InChI is InChI=1S/C23H41N5O.HI/c1-4-24-23(25-14-8-16-28-17-12-22(29)13-18-28)26-15-11-20(2)27(3)19-21-9-6-5-7-10-21;/h5-7,9-10,20,22,29H,4,8,11-19H2,1-3H3,(H2,24,25,26);1H. The number of halogens is 1. The molecule has 0 radical (unpaired) electrons. The van der Waals surface area contributed by atoms with E-state index in [0.717, 1.165) is 77.5 Å². The molecule has 2 rings (SSSR count). The minimum absolute atomic E-state index is 0. The third-order valence-electron chi connectivity index (χ3n) is 5.69. The fourth-order valence-corrected chi connectivity index (χ4v) is 3.62. The van der Waals surface area contributed by atoms with Gasteiger partial charge < -0.3 is 20.6 Å². The Morgan fingerprint density at radius 3 is 2.60 bits per heavy atom. The quantitative estimate of drug-likeness (QED) is 0.178. The van der Waals surface area contributed by atoms with Crippen LogP contribution in [0.2, 0.25) is 0 Å². The summed E-state index contributed by atoms with van der Waals surface area (Å²) in [4.78, 5) is 9.56. The Balaban J connectivity index is 0.00000450. The highest BCUT2D eigenvalue weighted by Crippen LogP contribution is 2.10. The van der Waals surface area contributed by atoms with Gasteiger partial charge in [-0.3, -0.25) is 9.89 Å². The number of aliphatic hydroxyl groups excluding tert-OH is 1. The van der Waals surface area contributed by atoms with Crippen LogP contribution in [0.4, 0.5) is 0 Å². The molecule has 1 aliphatic rings. The van der Waals surface area contributed by atoms with Crippen molar-refractivity contribution >= 4 is 29.9 Å². The lowest BCUT2D eigenvalue weighted by Crippen LogP contribution is -2.40. The first-order valence-corrected chi connectivity index (χ1v) is 11.2. The van der Waals surface area contributed by atoms with Crippen molar-refractivity contribution < 1.29 is 5.11 Å². The molecular formula is C23H42IN5O. The highest BCUT2D eigenvalue weighted by molar-refractivity contribution is 14.0. The van der Waals surface area contributed by atoms with Crippen LogP contribution in [0.1, 0.15) is 45.1 Å². The Hall–Kier alpha value is -0.900. The molecule has 1 aromatic carbocycles. The van der Waals surface area contributed by atoms with E-state index in [1.807, 2.05) is 0 Å². The highest BCUT2D eigenvalue weighted by atomic mass is 127. The molecular weight excluding hydrogens is 489 g/mol. The molecule has 0 aromatic heterocycles. The smallest absolute Gasteiger partial charge is 0.191 e. The SMILES string of the molecule is CCNC(=NCCCN1CCC(O)CC1)NCCC(C)N(C)Cc1ccccc1.I. The minimum atomic E-state index is -0.0945. The molecule has 1 heterocycles. The van der Waals surface area contributed by atoms with Gasteiger partial charge in [0.15, 0.2) is 5.96 Å². The molecule has 1 fully saturated rings. The largest absolute Gasteiger partial charge is 0.393 e. The van der Waals surface area contributed by atoms with Crippen LogP contribution in [-0.4, -0.2) is 79.3 Å². The van der Waals surface area contributed by atoms with Gasteiger partial charge in [-0.05, 0) is 58.7 Å². The molecule has 30 heavy (non-hydrogen) atoms. The van der Waals surface area contributed by atoms with Crippen LogP contribution in [0.15, 0.2) is 35.3 Å². The van der Waals surface area contributed by atoms with Crippen molar-refractivity contribution in [2.75, 3.05) is 46.3 Å². The van der Waals surface area contributed by atoms with Crippen LogP contribution >= 0.6 is 24.0 Å². The Kier molecular flexibility index (Phi) is 14.3. The third-order valence-corrected chi connectivity index (χ3v) is 5.69. The van der Waals surface area contributed by atoms with Gasteiger partial charge in [-0.2, -0.15) is 0 Å². The number of rotatable bonds is 11. The molecule has 1 aliphatic heterocycles. The van der Waals surface area contributed by atoms with Crippen LogP contribution in [0.5, 0.6) is 0 Å². The first kappa shape index (κ1) is 27.1. The van der Waals surface area contributed by atoms with Gasteiger partial charge in [0.25, 0.3) is 0 Å². The molecule has 7 heteroatoms. The summed E-state index contributed by atoms with van der Waals surface area (Å²) >= 11 is 0. The normalized spacial score (nSPS) is 16.9. The van der Waals surface area contributed by atoms with E-state index in [-0.39, 0.29) is 30.1 Å². The van der Waals surface area contributed by atoms with E-state index >= 15 is 0 Å². The maximum absolute atomic E-state index is 9.59. The molecule has 1 aromatic rings. The first-order chi connectivity index (χ1) is 14.1. The number of nitrogens with one attached hydrogen (secondary N) is 2. The topological polar surface area (TPSA) is 63.1 Å². The number of nitrogens with zero attached hydrogens (tertiary/aromatic N) is 3. The summed E-state index contributed by atoms with van der Waals surface area (Å²) in [5.41, 5.74) is 1.35. The fourth-order valence-electron chi connectivity index (χ4n) is 3.62. The zero-order valence-corrected chi connectivity index (χ0v) is 21.3. The summed E-state index contributed by atoms with van der Waals surface area (Å²) in [5.74, 6) is 0.916. The van der Waals surface area contributed by atoms with E-state index in [4.69, 9.17) is 4.99 Å². The number of hydrogen-bond acceptors (Lipinski definition) is 4. The number of benzene rings is 1. The zero-order chi connectivity index (χ0) is 20.9. The van der Waals surface area contributed by atoms with Gasteiger partial charge in [0.2, 0.25) is 0 Å². The van der Waals surface area contributed by atoms with Crippen LogP contribution < -0.4 is 10.6 Å². The predicted molar refractivity (Wildman–Crippen MR) is 138 cm³/mol. The monoisotopic (exact) mass is 531 g/mol. The lowest BCUT2D eigenvalue weighted by molar-refractivity contribution is 0.0824. The van der Waals surface area contributed by atoms with Crippen LogP contribution in [0.3, 0.4) is 0 Å². The van der Waals surface area contributed by atoms with Gasteiger partial charge in [-0.15, -0.1) is 24.0 Å². The van der Waals surface area contributed by atoms with Crippen LogP contribution in [0, 0.1) is 0 Å². The molecule has 1 unspecified atom stereocenters. The van der Waals surface area contributed by atoms with Gasteiger partial charge in [-0.25, -0.2) is 0 Å². The first-order valence-electron chi connectivity index (χ1n) is 11.2. The van der Waals surface area contributed by atoms with E-state index in [9.17, 15) is 5.11 Å². The van der Waals surface area contributed by atoms with E-state index < -0.39 is 0 Å². The lowest BCUT2D eigenvalue weighted by atomic mass is 10.1. The summed E-state index contributed by atoms with van der Waals surface area (Å²) in [5, 5.41) is 16.4. The van der Waals surface area contributed by atoms with Crippen molar-refractivity contribution in [1.82, 2.24) is 20.4 Å². The number of aliphatic hydroxyl groups is 1. The van der Waals surface area contributed by atoms with Crippen LogP contribution in [0.25, 0.3) is 0 Å². The van der Waals surface area contributed by atoms with Crippen molar-refractivity contribution in [2.24, 2.45) is 4.99 Å². The second-order valence-corrected chi connectivity index (χ2v) is 8.15. The summed E-state index contributed by atoms with van der Waals surface area (Å²) < 4.78 is 0. The highest BCUT2D eigenvalue weighted by Gasteiger charge is 2.16. The van der Waals surface area contributed by atoms with Gasteiger partial charge in [0, 0.05) is 45.3 Å². The molecule has 0 bridgehead atoms. The number of hydrogen-bond donors (Lipinski definition) is 3. The predicted octanol–water partition coefficient (Wildman–Crippen LogP) is 2.92. The average molecular weight is 532 g/mol. The van der Waals surface area contributed by atoms with Crippen molar-refractivity contribution in [3.05, 3.63) is 35.9 Å². The summed E-state index contributed by atoms with van der Waals surface area (Å²) in [6, 6.07) is 11.1. The van der Waals surface area contributed by atoms with Gasteiger partial charge >= 0.3 is 0 Å². The van der Waals surface area contributed by atoms with E-state index in [1.54, 1.807) is 0 Å². The minimum Gasteiger partial charge on any atom is -0.393 e. The average Bonchev–Trinajstić information content (AvgIpc) is 2.73. The summed E-state index contributed by atoms with van der Waals surface area (Å²) in [6.07, 6.45) is 3.85. The molecule has 0 amide bonds. The molecule has 1 saturated heterocycles. The maximum Gasteiger partial charge on any atom is 0.191 e. The Morgan fingerprint density at radius 2 is 1.93 bits per heavy atom. The molecule has 172 valence electrons. The number of guanidine groups is 1. The molecule has 0 aliphatic carbocycles. The fraction of sp³-hybridized carbons (Fsp3) is 0.696. The van der Waals surface area contributed by atoms with Gasteiger partial charge in [-0.1, -0.05) is 30.3 Å². The van der Waals surface area contributed by atoms with Gasteiger partial charge in [0.05, 0.1) is 6.10 Å². The molecule has 3 N–H and O–H groups in total. The molecule has 0 saturated carbocycles. The number of likely N-dealkylation sites (tertiary alicyclic amines) is 1. The number of piperidine rings is 1. The number of aliphatic imine (C=N–C) groups is 1. The molecule has 6 nitrogen and oxygen atoms in total. The Morgan fingerprint density at radius 1 is 1.23 bits per heavy atom. The second kappa shape index (κ2) is 15.8. The summed E-state index contributed by atoms with van der Waals surface area (Å²) in [6.45, 7) is 11.1. The van der Waals surface area contributed by atoms with E-state index in [2.05, 4.69) is 71.7 Å². The van der Waals surface area contributed by atoms with Crippen LogP contribution in [-0.2, 0) is 6.54 Å². The van der Waals surface area contributed by atoms with Gasteiger partial charge in [0.1, 0.15) is 0 Å². The van der Waals surface area contributed by atoms with Crippen molar-refractivity contribution in [3.63, 3.8) is 0 Å².